The summed E-state index contributed by atoms with van der Waals surface area (Å²) in [5.74, 6) is 0.597. The highest BCUT2D eigenvalue weighted by Crippen LogP contribution is 2.20. The van der Waals surface area contributed by atoms with Crippen molar-refractivity contribution in [2.45, 2.75) is 32.2 Å². The van der Waals surface area contributed by atoms with Gasteiger partial charge < -0.3 is 10.4 Å². The van der Waals surface area contributed by atoms with Crippen LogP contribution in [0.4, 0.5) is 5.82 Å². The first-order valence-corrected chi connectivity index (χ1v) is 5.96. The van der Waals surface area contributed by atoms with E-state index in [1.807, 2.05) is 13.8 Å². The van der Waals surface area contributed by atoms with Crippen molar-refractivity contribution in [1.82, 2.24) is 19.6 Å². The number of aromatic amines is 1. The van der Waals surface area contributed by atoms with Crippen LogP contribution in [0.5, 0.6) is 0 Å². The Morgan fingerprint density at radius 3 is 2.83 bits per heavy atom. The predicted octanol–water partition coefficient (Wildman–Crippen LogP) is 0.381. The molecule has 2 aromatic heterocycles. The zero-order valence-electron chi connectivity index (χ0n) is 10.5. The Hall–Kier alpha value is -1.89. The molecule has 0 unspecified atom stereocenters. The third kappa shape index (κ3) is 2.08. The topological polar surface area (TPSA) is 95.3 Å². The molecule has 7 heteroatoms. The predicted molar refractivity (Wildman–Crippen MR) is 67.6 cm³/mol. The highest BCUT2D eigenvalue weighted by atomic mass is 16.3. The number of rotatable bonds is 5. The van der Waals surface area contributed by atoms with E-state index in [0.717, 1.165) is 12.8 Å². The number of aliphatic hydroxyl groups is 1. The Balaban J connectivity index is 2.34. The Labute approximate surface area is 104 Å². The smallest absolute Gasteiger partial charge is 0.348 e. The molecule has 18 heavy (non-hydrogen) atoms. The average Bonchev–Trinajstić information content (AvgIpc) is 2.77. The summed E-state index contributed by atoms with van der Waals surface area (Å²) in [4.78, 5) is 15.4. The van der Waals surface area contributed by atoms with Crippen molar-refractivity contribution in [2.24, 2.45) is 0 Å². The summed E-state index contributed by atoms with van der Waals surface area (Å²) in [5, 5.41) is 18.9. The lowest BCUT2D eigenvalue weighted by atomic mass is 9.94. The summed E-state index contributed by atoms with van der Waals surface area (Å²) in [7, 11) is 0. The van der Waals surface area contributed by atoms with Crippen LogP contribution in [0.3, 0.4) is 0 Å². The van der Waals surface area contributed by atoms with Gasteiger partial charge in [-0.05, 0) is 12.8 Å². The van der Waals surface area contributed by atoms with Crippen LogP contribution in [-0.4, -0.2) is 36.8 Å². The summed E-state index contributed by atoms with van der Waals surface area (Å²) in [6.45, 7) is 4.04. The van der Waals surface area contributed by atoms with Gasteiger partial charge in [-0.15, -0.1) is 0 Å². The number of hydrogen-bond acceptors (Lipinski definition) is 5. The van der Waals surface area contributed by atoms with Crippen LogP contribution in [-0.2, 0) is 0 Å². The van der Waals surface area contributed by atoms with E-state index >= 15 is 0 Å². The molecule has 2 aromatic rings. The number of nitrogens with one attached hydrogen (secondary N) is 2. The number of nitrogens with zero attached hydrogens (tertiary/aromatic N) is 3. The Bertz CT molecular complexity index is 576. The number of aliphatic hydroxyl groups excluding tert-OH is 1. The van der Waals surface area contributed by atoms with E-state index in [9.17, 15) is 9.90 Å². The SMILES string of the molecule is CCC(CC)(CO)Nc1cc2n[nH]c(=O)n2cn1. The quantitative estimate of drug-likeness (QED) is 0.714. The fraction of sp³-hybridized carbons (Fsp3) is 0.545. The van der Waals surface area contributed by atoms with Gasteiger partial charge in [-0.1, -0.05) is 13.8 Å². The van der Waals surface area contributed by atoms with Crippen LogP contribution in [0, 0.1) is 0 Å². The second-order valence-electron chi connectivity index (χ2n) is 4.30. The fourth-order valence-corrected chi connectivity index (χ4v) is 1.84. The first kappa shape index (κ1) is 12.6. The van der Waals surface area contributed by atoms with Crippen LogP contribution < -0.4 is 11.0 Å². The Kier molecular flexibility index (Phi) is 3.33. The van der Waals surface area contributed by atoms with Gasteiger partial charge in [-0.25, -0.2) is 19.3 Å². The molecule has 0 aliphatic heterocycles. The van der Waals surface area contributed by atoms with Crippen molar-refractivity contribution < 1.29 is 5.11 Å². The molecule has 0 aliphatic rings. The van der Waals surface area contributed by atoms with E-state index in [-0.39, 0.29) is 17.8 Å². The summed E-state index contributed by atoms with van der Waals surface area (Å²) >= 11 is 0. The summed E-state index contributed by atoms with van der Waals surface area (Å²) in [6, 6.07) is 1.67. The van der Waals surface area contributed by atoms with E-state index in [1.165, 1.54) is 10.7 Å². The lowest BCUT2D eigenvalue weighted by Gasteiger charge is -2.31. The van der Waals surface area contributed by atoms with E-state index in [2.05, 4.69) is 20.5 Å². The zero-order valence-corrected chi connectivity index (χ0v) is 10.5. The summed E-state index contributed by atoms with van der Waals surface area (Å²) in [6.07, 6.45) is 2.97. The highest BCUT2D eigenvalue weighted by Gasteiger charge is 2.25. The average molecular weight is 251 g/mol. The molecule has 0 aromatic carbocycles. The standard InChI is InChI=1S/C11H17N5O2/c1-3-11(4-2,6-17)13-8-5-9-14-15-10(18)16(9)7-12-8/h5,7,13,17H,3-4,6H2,1-2H3,(H,15,18). The molecule has 0 spiro atoms. The molecular formula is C11H17N5O2. The molecule has 0 saturated heterocycles. The molecule has 0 amide bonds. The first-order valence-electron chi connectivity index (χ1n) is 5.96. The van der Waals surface area contributed by atoms with Crippen LogP contribution in [0.15, 0.2) is 17.2 Å². The third-order valence-electron chi connectivity index (χ3n) is 3.36. The molecule has 0 saturated carbocycles. The number of hydrogen-bond donors (Lipinski definition) is 3. The van der Waals surface area contributed by atoms with Gasteiger partial charge in [-0.2, -0.15) is 5.10 Å². The largest absolute Gasteiger partial charge is 0.394 e. The monoisotopic (exact) mass is 251 g/mol. The molecule has 2 rings (SSSR count). The maximum absolute atomic E-state index is 11.3. The first-order chi connectivity index (χ1) is 8.64. The Morgan fingerprint density at radius 2 is 2.22 bits per heavy atom. The van der Waals surface area contributed by atoms with Crippen molar-refractivity contribution in [3.05, 3.63) is 22.9 Å². The van der Waals surface area contributed by atoms with Crippen LogP contribution in [0.1, 0.15) is 26.7 Å². The molecule has 0 radical (unpaired) electrons. The maximum atomic E-state index is 11.3. The van der Waals surface area contributed by atoms with E-state index < -0.39 is 0 Å². The van der Waals surface area contributed by atoms with Gasteiger partial charge in [0.1, 0.15) is 12.1 Å². The van der Waals surface area contributed by atoms with Gasteiger partial charge in [0.2, 0.25) is 0 Å². The van der Waals surface area contributed by atoms with Gasteiger partial charge in [0, 0.05) is 6.07 Å². The lowest BCUT2D eigenvalue weighted by molar-refractivity contribution is 0.202. The summed E-state index contributed by atoms with van der Waals surface area (Å²) < 4.78 is 1.32. The number of aromatic nitrogens is 4. The maximum Gasteiger partial charge on any atom is 0.348 e. The molecule has 98 valence electrons. The molecule has 0 bridgehead atoms. The fourth-order valence-electron chi connectivity index (χ4n) is 1.84. The van der Waals surface area contributed by atoms with Gasteiger partial charge in [-0.3, -0.25) is 0 Å². The molecule has 2 heterocycles. The van der Waals surface area contributed by atoms with E-state index in [0.29, 0.717) is 11.5 Å². The molecule has 0 atom stereocenters. The van der Waals surface area contributed by atoms with Crippen LogP contribution >= 0.6 is 0 Å². The van der Waals surface area contributed by atoms with Crippen molar-refractivity contribution in [3.8, 4) is 0 Å². The van der Waals surface area contributed by atoms with Crippen molar-refractivity contribution in [2.75, 3.05) is 11.9 Å². The van der Waals surface area contributed by atoms with Crippen molar-refractivity contribution in [3.63, 3.8) is 0 Å². The molecule has 3 N–H and O–H groups in total. The van der Waals surface area contributed by atoms with Crippen LogP contribution in [0.25, 0.3) is 5.65 Å². The third-order valence-corrected chi connectivity index (χ3v) is 3.36. The zero-order chi connectivity index (χ0) is 13.2. The summed E-state index contributed by atoms with van der Waals surface area (Å²) in [5.41, 5.74) is -0.206. The van der Waals surface area contributed by atoms with E-state index in [4.69, 9.17) is 0 Å². The molecule has 0 fully saturated rings. The van der Waals surface area contributed by atoms with Gasteiger partial charge >= 0.3 is 5.69 Å². The minimum atomic E-state index is -0.387. The highest BCUT2D eigenvalue weighted by molar-refractivity contribution is 5.49. The molecule has 0 aliphatic carbocycles. The van der Waals surface area contributed by atoms with Gasteiger partial charge in [0.25, 0.3) is 0 Å². The van der Waals surface area contributed by atoms with Crippen molar-refractivity contribution >= 4 is 11.5 Å². The molecular weight excluding hydrogens is 234 g/mol. The second kappa shape index (κ2) is 4.77. The number of fused-ring (bicyclic) bond motifs is 1. The van der Waals surface area contributed by atoms with Gasteiger partial charge in [0.15, 0.2) is 5.65 Å². The lowest BCUT2D eigenvalue weighted by Crippen LogP contribution is -2.41. The molecule has 7 nitrogen and oxygen atoms in total. The van der Waals surface area contributed by atoms with E-state index in [1.54, 1.807) is 6.07 Å². The Morgan fingerprint density at radius 1 is 1.50 bits per heavy atom. The van der Waals surface area contributed by atoms with Crippen molar-refractivity contribution in [1.29, 1.82) is 0 Å². The minimum Gasteiger partial charge on any atom is -0.394 e. The minimum absolute atomic E-state index is 0.0280. The van der Waals surface area contributed by atoms with Crippen LogP contribution in [0.2, 0.25) is 0 Å². The normalized spacial score (nSPS) is 11.9. The second-order valence-corrected chi connectivity index (χ2v) is 4.30. The van der Waals surface area contributed by atoms with Gasteiger partial charge in [0.05, 0.1) is 12.1 Å². The number of H-pyrrole nitrogens is 1. The number of anilines is 1.